The van der Waals surface area contributed by atoms with E-state index in [0.717, 1.165) is 22.8 Å². The molecule has 10 nitrogen and oxygen atoms in total. The van der Waals surface area contributed by atoms with Crippen molar-refractivity contribution < 1.29 is 18.0 Å². The molecule has 1 amide bonds. The van der Waals surface area contributed by atoms with Gasteiger partial charge in [0.15, 0.2) is 11.5 Å². The number of nitrogens with zero attached hydrogens (tertiary/aromatic N) is 8. The molecule has 0 unspecified atom stereocenters. The largest absolute Gasteiger partial charge is 0.433 e. The van der Waals surface area contributed by atoms with Crippen molar-refractivity contribution >= 4 is 38.6 Å². The van der Waals surface area contributed by atoms with Crippen molar-refractivity contribution in [3.63, 3.8) is 0 Å². The average Bonchev–Trinajstić information content (AvgIpc) is 3.69. The first kappa shape index (κ1) is 32.8. The monoisotopic (exact) mass is 737 g/mol. The highest BCUT2D eigenvalue weighted by molar-refractivity contribution is 9.10. The van der Waals surface area contributed by atoms with Crippen molar-refractivity contribution in [2.24, 2.45) is 0 Å². The summed E-state index contributed by atoms with van der Waals surface area (Å²) in [5.74, 6) is -0.300. The number of benzene rings is 3. The second kappa shape index (κ2) is 12.9. The van der Waals surface area contributed by atoms with Crippen molar-refractivity contribution in [3.8, 4) is 0 Å². The van der Waals surface area contributed by atoms with E-state index >= 15 is 0 Å². The molecule has 3 aromatic carbocycles. The molecule has 0 saturated heterocycles. The summed E-state index contributed by atoms with van der Waals surface area (Å²) in [6, 6.07) is 32.1. The molecule has 1 N–H and O–H groups in total. The van der Waals surface area contributed by atoms with E-state index in [4.69, 9.17) is 0 Å². The number of aryl methyl sites for hydroxylation is 1. The molecule has 0 aliphatic rings. The third kappa shape index (κ3) is 5.81. The van der Waals surface area contributed by atoms with Gasteiger partial charge in [-0.2, -0.15) is 18.3 Å². The highest BCUT2D eigenvalue weighted by Gasteiger charge is 2.42. The van der Waals surface area contributed by atoms with Crippen LogP contribution in [0, 0.1) is 13.8 Å². The van der Waals surface area contributed by atoms with Gasteiger partial charge in [0.1, 0.15) is 17.8 Å². The molecule has 0 spiro atoms. The lowest BCUT2D eigenvalue weighted by Gasteiger charge is -2.36. The first-order chi connectivity index (χ1) is 24.1. The molecule has 14 heteroatoms. The van der Waals surface area contributed by atoms with E-state index in [1.54, 1.807) is 23.2 Å². The number of fused-ring (bicyclic) bond motifs is 1. The van der Waals surface area contributed by atoms with E-state index in [-0.39, 0.29) is 23.1 Å². The number of pyridine rings is 2. The lowest BCUT2D eigenvalue weighted by molar-refractivity contribution is -0.141. The molecule has 0 aliphatic heterocycles. The van der Waals surface area contributed by atoms with E-state index in [1.807, 2.05) is 91.0 Å². The molecule has 7 rings (SSSR count). The normalized spacial score (nSPS) is 12.0. The Labute approximate surface area is 292 Å². The van der Waals surface area contributed by atoms with Crippen LogP contribution in [0.1, 0.15) is 50.0 Å². The zero-order chi connectivity index (χ0) is 35.0. The molecular weight excluding hydrogens is 711 g/mol. The van der Waals surface area contributed by atoms with Crippen LogP contribution in [0.15, 0.2) is 114 Å². The van der Waals surface area contributed by atoms with Gasteiger partial charge in [0.2, 0.25) is 0 Å². The van der Waals surface area contributed by atoms with Gasteiger partial charge in [0.05, 0.1) is 22.6 Å². The summed E-state index contributed by atoms with van der Waals surface area (Å²) >= 11 is 3.28. The van der Waals surface area contributed by atoms with Crippen LogP contribution in [0.25, 0.3) is 11.0 Å². The fourth-order valence-corrected chi connectivity index (χ4v) is 6.56. The third-order valence-corrected chi connectivity index (χ3v) is 8.94. The van der Waals surface area contributed by atoms with E-state index in [1.165, 1.54) is 12.3 Å². The maximum absolute atomic E-state index is 13.8. The van der Waals surface area contributed by atoms with E-state index < -0.39 is 23.3 Å². The van der Waals surface area contributed by atoms with Gasteiger partial charge in [-0.25, -0.2) is 14.6 Å². The average molecular weight is 739 g/mol. The van der Waals surface area contributed by atoms with Crippen LogP contribution in [0.2, 0.25) is 0 Å². The molecule has 7 aromatic rings. The Hall–Kier alpha value is -5.76. The summed E-state index contributed by atoms with van der Waals surface area (Å²) in [6.45, 7) is 3.57. The standard InChI is InChI=1S/C36H27BrF3N9O/c1-22-32(43-34(50)29-19-30(36(38,39)40)42-33-28(29)18-27(37)20-41-33)23(2)48(45-22)21-31-44-46-47-49(31)35(24-12-6-3-7-13-24,25-14-8-4-9-15-25)26-16-10-5-11-17-26/h3-20H,21H2,1-2H3,(H,43,50). The Morgan fingerprint density at radius 2 is 1.44 bits per heavy atom. The highest BCUT2D eigenvalue weighted by Crippen LogP contribution is 2.41. The van der Waals surface area contributed by atoms with Crippen molar-refractivity contribution in [3.05, 3.63) is 159 Å². The molecule has 250 valence electrons. The van der Waals surface area contributed by atoms with Crippen LogP contribution < -0.4 is 5.32 Å². The van der Waals surface area contributed by atoms with E-state index in [2.05, 4.69) is 51.8 Å². The van der Waals surface area contributed by atoms with Gasteiger partial charge < -0.3 is 5.32 Å². The topological polar surface area (TPSA) is 116 Å². The predicted molar refractivity (Wildman–Crippen MR) is 183 cm³/mol. The van der Waals surface area contributed by atoms with Crippen LogP contribution in [-0.4, -0.2) is 45.9 Å². The van der Waals surface area contributed by atoms with Crippen LogP contribution in [0.4, 0.5) is 18.9 Å². The van der Waals surface area contributed by atoms with E-state index in [9.17, 15) is 18.0 Å². The number of rotatable bonds is 8. The summed E-state index contributed by atoms with van der Waals surface area (Å²) in [5, 5.41) is 20.8. The van der Waals surface area contributed by atoms with Gasteiger partial charge in [-0.3, -0.25) is 9.48 Å². The summed E-state index contributed by atoms with van der Waals surface area (Å²) in [4.78, 5) is 21.3. The van der Waals surface area contributed by atoms with Crippen LogP contribution in [0.5, 0.6) is 0 Å². The lowest BCUT2D eigenvalue weighted by atomic mass is 9.77. The lowest BCUT2D eigenvalue weighted by Crippen LogP contribution is -2.40. The summed E-state index contributed by atoms with van der Waals surface area (Å²) in [7, 11) is 0. The van der Waals surface area contributed by atoms with Gasteiger partial charge in [-0.05, 0) is 69.0 Å². The minimum absolute atomic E-state index is 0.108. The first-order valence-corrected chi connectivity index (χ1v) is 16.2. The number of halogens is 4. The van der Waals surface area contributed by atoms with Crippen LogP contribution in [-0.2, 0) is 18.3 Å². The number of aromatic nitrogens is 8. The van der Waals surface area contributed by atoms with Crippen molar-refractivity contribution in [1.82, 2.24) is 40.0 Å². The minimum atomic E-state index is -4.78. The summed E-state index contributed by atoms with van der Waals surface area (Å²) < 4.78 is 45.2. The molecule has 4 heterocycles. The fourth-order valence-electron chi connectivity index (χ4n) is 6.23. The zero-order valence-corrected chi connectivity index (χ0v) is 28.2. The third-order valence-electron chi connectivity index (χ3n) is 8.50. The van der Waals surface area contributed by atoms with E-state index in [0.29, 0.717) is 27.4 Å². The maximum Gasteiger partial charge on any atom is 0.433 e. The molecule has 0 aliphatic carbocycles. The van der Waals surface area contributed by atoms with Crippen molar-refractivity contribution in [2.75, 3.05) is 5.32 Å². The Morgan fingerprint density at radius 3 is 2.00 bits per heavy atom. The molecule has 50 heavy (non-hydrogen) atoms. The number of hydrogen-bond donors (Lipinski definition) is 1. The predicted octanol–water partition coefficient (Wildman–Crippen LogP) is 7.35. The Morgan fingerprint density at radius 1 is 0.860 bits per heavy atom. The number of carbonyl (C=O) groups excluding carboxylic acids is 1. The SMILES string of the molecule is Cc1nn(Cc2nnnn2C(c2ccccc2)(c2ccccc2)c2ccccc2)c(C)c1NC(=O)c1cc(C(F)(F)F)nc2ncc(Br)cc12. The summed E-state index contributed by atoms with van der Waals surface area (Å²) in [5.41, 5.74) is 1.48. The number of carbonyl (C=O) groups is 1. The Balaban J connectivity index is 1.30. The number of alkyl halides is 3. The zero-order valence-electron chi connectivity index (χ0n) is 26.6. The van der Waals surface area contributed by atoms with Crippen LogP contribution >= 0.6 is 15.9 Å². The van der Waals surface area contributed by atoms with Gasteiger partial charge in [0, 0.05) is 16.1 Å². The molecule has 0 fully saturated rings. The fraction of sp³-hybridized carbons (Fsp3) is 0.139. The Bertz CT molecular complexity index is 2230. The quantitative estimate of drug-likeness (QED) is 0.162. The minimum Gasteiger partial charge on any atom is -0.319 e. The second-order valence-electron chi connectivity index (χ2n) is 11.6. The number of anilines is 1. The maximum atomic E-state index is 13.8. The van der Waals surface area contributed by atoms with Gasteiger partial charge in [-0.1, -0.05) is 91.0 Å². The molecule has 0 saturated carbocycles. The van der Waals surface area contributed by atoms with Crippen molar-refractivity contribution in [2.45, 2.75) is 32.1 Å². The number of hydrogen-bond acceptors (Lipinski definition) is 7. The molecule has 0 bridgehead atoms. The molecule has 4 aromatic heterocycles. The van der Waals surface area contributed by atoms with Gasteiger partial charge in [0.25, 0.3) is 5.91 Å². The van der Waals surface area contributed by atoms with Gasteiger partial charge >= 0.3 is 6.18 Å². The smallest absolute Gasteiger partial charge is 0.319 e. The van der Waals surface area contributed by atoms with Crippen molar-refractivity contribution in [1.29, 1.82) is 0 Å². The number of amides is 1. The van der Waals surface area contributed by atoms with Gasteiger partial charge in [-0.15, -0.1) is 5.10 Å². The van der Waals surface area contributed by atoms with Crippen LogP contribution in [0.3, 0.4) is 0 Å². The number of tetrazole rings is 1. The first-order valence-electron chi connectivity index (χ1n) is 15.4. The Kier molecular flexibility index (Phi) is 8.48. The number of nitrogens with one attached hydrogen (secondary N) is 1. The molecule has 0 radical (unpaired) electrons. The highest BCUT2D eigenvalue weighted by atomic mass is 79.9. The second-order valence-corrected chi connectivity index (χ2v) is 12.5. The molecule has 0 atom stereocenters. The molecular formula is C36H27BrF3N9O. The summed E-state index contributed by atoms with van der Waals surface area (Å²) in [6.07, 6.45) is -3.46.